The highest BCUT2D eigenvalue weighted by molar-refractivity contribution is 5.70. The van der Waals surface area contributed by atoms with E-state index in [1.807, 2.05) is 60.7 Å². The van der Waals surface area contributed by atoms with Crippen molar-refractivity contribution >= 4 is 5.69 Å². The van der Waals surface area contributed by atoms with Crippen LogP contribution in [0.3, 0.4) is 0 Å². The molecule has 0 heterocycles. The van der Waals surface area contributed by atoms with Gasteiger partial charge in [0.05, 0.1) is 5.41 Å². The molecule has 2 heteroatoms. The SMILES string of the molecule is Nc1cccc(O)c1C(c1ccccc1)(c1ccccc1)c1ccccc1. The smallest absolute Gasteiger partial charge is 0.122 e. The summed E-state index contributed by atoms with van der Waals surface area (Å²) in [4.78, 5) is 0. The number of rotatable bonds is 4. The van der Waals surface area contributed by atoms with Gasteiger partial charge in [-0.15, -0.1) is 0 Å². The Balaban J connectivity index is 2.21. The number of nitrogens with two attached hydrogens (primary N) is 1. The molecule has 0 saturated carbocycles. The summed E-state index contributed by atoms with van der Waals surface area (Å²) in [5, 5.41) is 10.9. The van der Waals surface area contributed by atoms with E-state index < -0.39 is 5.41 Å². The molecule has 2 nitrogen and oxygen atoms in total. The summed E-state index contributed by atoms with van der Waals surface area (Å²) in [5.41, 5.74) is 10.2. The molecule has 0 fully saturated rings. The lowest BCUT2D eigenvalue weighted by Gasteiger charge is -2.37. The molecule has 0 bridgehead atoms. The summed E-state index contributed by atoms with van der Waals surface area (Å²) in [5.74, 6) is 0.187. The van der Waals surface area contributed by atoms with Crippen molar-refractivity contribution in [2.75, 3.05) is 5.73 Å². The number of nitrogen functional groups attached to an aromatic ring is 1. The molecule has 0 aliphatic rings. The second kappa shape index (κ2) is 7.00. The van der Waals surface area contributed by atoms with Gasteiger partial charge in [0.2, 0.25) is 0 Å². The molecule has 4 aromatic carbocycles. The van der Waals surface area contributed by atoms with Crippen molar-refractivity contribution < 1.29 is 5.11 Å². The fourth-order valence-corrected chi connectivity index (χ4v) is 3.96. The molecule has 0 saturated heterocycles. The number of phenolic OH excluding ortho intramolecular Hbond substituents is 1. The van der Waals surface area contributed by atoms with Gasteiger partial charge in [0.1, 0.15) is 5.75 Å². The van der Waals surface area contributed by atoms with Gasteiger partial charge < -0.3 is 10.8 Å². The molecule has 0 unspecified atom stereocenters. The van der Waals surface area contributed by atoms with Gasteiger partial charge in [0.15, 0.2) is 0 Å². The van der Waals surface area contributed by atoms with Crippen LogP contribution in [0, 0.1) is 0 Å². The fraction of sp³-hybridized carbons (Fsp3) is 0.0400. The number of hydrogen-bond donors (Lipinski definition) is 2. The van der Waals surface area contributed by atoms with Crippen LogP contribution >= 0.6 is 0 Å². The molecule has 0 atom stereocenters. The summed E-state index contributed by atoms with van der Waals surface area (Å²) in [6.45, 7) is 0. The van der Waals surface area contributed by atoms with Gasteiger partial charge in [-0.05, 0) is 28.8 Å². The first-order chi connectivity index (χ1) is 13.2. The maximum Gasteiger partial charge on any atom is 0.122 e. The third-order valence-corrected chi connectivity index (χ3v) is 5.07. The van der Waals surface area contributed by atoms with Crippen LogP contribution < -0.4 is 5.73 Å². The van der Waals surface area contributed by atoms with Crippen LogP contribution in [0.15, 0.2) is 109 Å². The van der Waals surface area contributed by atoms with Crippen LogP contribution in [-0.2, 0) is 5.41 Å². The van der Waals surface area contributed by atoms with Gasteiger partial charge in [-0.3, -0.25) is 0 Å². The highest BCUT2D eigenvalue weighted by atomic mass is 16.3. The Hall–Kier alpha value is -3.52. The summed E-state index contributed by atoms with van der Waals surface area (Å²) in [6, 6.07) is 36.0. The highest BCUT2D eigenvalue weighted by Crippen LogP contribution is 2.50. The maximum absolute atomic E-state index is 10.9. The first-order valence-electron chi connectivity index (χ1n) is 8.99. The molecule has 0 aliphatic carbocycles. The van der Waals surface area contributed by atoms with Crippen molar-refractivity contribution in [3.05, 3.63) is 131 Å². The summed E-state index contributed by atoms with van der Waals surface area (Å²) < 4.78 is 0. The molecule has 4 aromatic rings. The number of aromatic hydroxyl groups is 1. The van der Waals surface area contributed by atoms with Gasteiger partial charge in [0.25, 0.3) is 0 Å². The molecule has 0 amide bonds. The quantitative estimate of drug-likeness (QED) is 0.384. The monoisotopic (exact) mass is 351 g/mol. The van der Waals surface area contributed by atoms with Crippen molar-refractivity contribution in [3.63, 3.8) is 0 Å². The molecule has 27 heavy (non-hydrogen) atoms. The summed E-state index contributed by atoms with van der Waals surface area (Å²) in [6.07, 6.45) is 0. The average Bonchev–Trinajstić information content (AvgIpc) is 2.73. The highest BCUT2D eigenvalue weighted by Gasteiger charge is 2.41. The van der Waals surface area contributed by atoms with E-state index in [4.69, 9.17) is 5.73 Å². The van der Waals surface area contributed by atoms with Crippen LogP contribution in [-0.4, -0.2) is 5.11 Å². The zero-order valence-corrected chi connectivity index (χ0v) is 14.9. The van der Waals surface area contributed by atoms with Crippen LogP contribution in [0.4, 0.5) is 5.69 Å². The molecular formula is C25H21NO. The van der Waals surface area contributed by atoms with Gasteiger partial charge >= 0.3 is 0 Å². The normalized spacial score (nSPS) is 11.3. The standard InChI is InChI=1S/C25H21NO/c26-22-17-10-18-23(27)24(22)25(19-11-4-1-5-12-19,20-13-6-2-7-14-20)21-15-8-3-9-16-21/h1-18,27H,26H2. The largest absolute Gasteiger partial charge is 0.508 e. The van der Waals surface area contributed by atoms with E-state index in [1.54, 1.807) is 12.1 Å². The van der Waals surface area contributed by atoms with Crippen molar-refractivity contribution in [2.24, 2.45) is 0 Å². The van der Waals surface area contributed by atoms with Crippen molar-refractivity contribution in [1.29, 1.82) is 0 Å². The third-order valence-electron chi connectivity index (χ3n) is 5.07. The fourth-order valence-electron chi connectivity index (χ4n) is 3.96. The van der Waals surface area contributed by atoms with E-state index >= 15 is 0 Å². The second-order valence-electron chi connectivity index (χ2n) is 6.59. The number of benzene rings is 4. The second-order valence-corrected chi connectivity index (χ2v) is 6.59. The number of hydrogen-bond acceptors (Lipinski definition) is 2. The Labute approximate surface area is 159 Å². The summed E-state index contributed by atoms with van der Waals surface area (Å²) >= 11 is 0. The lowest BCUT2D eigenvalue weighted by Crippen LogP contribution is -2.32. The zero-order chi connectivity index (χ0) is 18.7. The molecular weight excluding hydrogens is 330 g/mol. The molecule has 0 spiro atoms. The lowest BCUT2D eigenvalue weighted by molar-refractivity contribution is 0.461. The Morgan fingerprint density at radius 2 is 0.926 bits per heavy atom. The van der Waals surface area contributed by atoms with Crippen molar-refractivity contribution in [2.45, 2.75) is 5.41 Å². The van der Waals surface area contributed by atoms with Crippen LogP contribution in [0.1, 0.15) is 22.3 Å². The minimum Gasteiger partial charge on any atom is -0.508 e. The van der Waals surface area contributed by atoms with Gasteiger partial charge in [0, 0.05) is 11.3 Å². The minimum absolute atomic E-state index is 0.187. The van der Waals surface area contributed by atoms with Crippen LogP contribution in [0.5, 0.6) is 5.75 Å². The van der Waals surface area contributed by atoms with Gasteiger partial charge in [-0.1, -0.05) is 97.1 Å². The topological polar surface area (TPSA) is 46.2 Å². The first-order valence-corrected chi connectivity index (χ1v) is 8.99. The lowest BCUT2D eigenvalue weighted by atomic mass is 9.64. The average molecular weight is 351 g/mol. The van der Waals surface area contributed by atoms with E-state index in [2.05, 4.69) is 36.4 Å². The molecule has 4 rings (SSSR count). The summed E-state index contributed by atoms with van der Waals surface area (Å²) in [7, 11) is 0. The zero-order valence-electron chi connectivity index (χ0n) is 14.9. The Bertz CT molecular complexity index is 911. The van der Waals surface area contributed by atoms with E-state index in [0.717, 1.165) is 16.7 Å². The first kappa shape index (κ1) is 16.9. The van der Waals surface area contributed by atoms with Crippen LogP contribution in [0.2, 0.25) is 0 Å². The van der Waals surface area contributed by atoms with E-state index in [1.165, 1.54) is 0 Å². The Morgan fingerprint density at radius 3 is 1.30 bits per heavy atom. The minimum atomic E-state index is -0.723. The predicted molar refractivity (Wildman–Crippen MR) is 111 cm³/mol. The Morgan fingerprint density at radius 1 is 0.519 bits per heavy atom. The van der Waals surface area contributed by atoms with Crippen molar-refractivity contribution in [3.8, 4) is 5.75 Å². The maximum atomic E-state index is 10.9. The van der Waals surface area contributed by atoms with E-state index in [0.29, 0.717) is 11.3 Å². The third kappa shape index (κ3) is 2.76. The Kier molecular flexibility index (Phi) is 4.39. The molecule has 3 N–H and O–H groups in total. The van der Waals surface area contributed by atoms with Crippen molar-refractivity contribution in [1.82, 2.24) is 0 Å². The number of anilines is 1. The van der Waals surface area contributed by atoms with Crippen LogP contribution in [0.25, 0.3) is 0 Å². The predicted octanol–water partition coefficient (Wildman–Crippen LogP) is 5.36. The van der Waals surface area contributed by atoms with Gasteiger partial charge in [-0.2, -0.15) is 0 Å². The molecule has 0 aromatic heterocycles. The molecule has 132 valence electrons. The van der Waals surface area contributed by atoms with E-state index in [-0.39, 0.29) is 5.75 Å². The van der Waals surface area contributed by atoms with E-state index in [9.17, 15) is 5.11 Å². The number of phenols is 1. The molecule has 0 radical (unpaired) electrons. The molecule has 0 aliphatic heterocycles. The van der Waals surface area contributed by atoms with Gasteiger partial charge in [-0.25, -0.2) is 0 Å².